The molecule has 2 aromatic rings. The minimum atomic E-state index is -0.310. The third-order valence-electron chi connectivity index (χ3n) is 4.02. The Hall–Kier alpha value is -1.78. The molecule has 3 rings (SSSR count). The molecule has 2 atom stereocenters. The Morgan fingerprint density at radius 1 is 1.23 bits per heavy atom. The van der Waals surface area contributed by atoms with Gasteiger partial charge >= 0.3 is 0 Å². The van der Waals surface area contributed by atoms with Gasteiger partial charge in [0, 0.05) is 6.61 Å². The van der Waals surface area contributed by atoms with Crippen molar-refractivity contribution < 1.29 is 9.13 Å². The van der Waals surface area contributed by atoms with Crippen LogP contribution < -0.4 is 5.32 Å². The lowest BCUT2D eigenvalue weighted by Gasteiger charge is -2.20. The van der Waals surface area contributed by atoms with E-state index in [1.54, 1.807) is 6.07 Å². The average molecular weight is 300 g/mol. The van der Waals surface area contributed by atoms with Gasteiger partial charge in [0.25, 0.3) is 0 Å². The van der Waals surface area contributed by atoms with E-state index in [0.29, 0.717) is 6.10 Å². The minimum absolute atomic E-state index is 0.0248. The number of rotatable bonds is 6. The van der Waals surface area contributed by atoms with Crippen LogP contribution in [0.3, 0.4) is 0 Å². The lowest BCUT2D eigenvalue weighted by molar-refractivity contribution is 0.104. The number of nitrogens with one attached hydrogen (secondary N) is 1. The quantitative estimate of drug-likeness (QED) is 0.887. The molecule has 1 fully saturated rings. The number of ether oxygens (including phenoxy) is 1. The summed E-state index contributed by atoms with van der Waals surface area (Å²) in [6, 6.07) is 13.3. The Labute approximate surface area is 130 Å². The molecule has 1 aliphatic rings. The van der Waals surface area contributed by atoms with Gasteiger partial charge in [-0.1, -0.05) is 30.3 Å². The maximum Gasteiger partial charge on any atom is 0.141 e. The zero-order valence-corrected chi connectivity index (χ0v) is 12.5. The number of halogens is 1. The van der Waals surface area contributed by atoms with Crippen molar-refractivity contribution in [3.05, 3.63) is 65.7 Å². The molecule has 22 heavy (non-hydrogen) atoms. The molecule has 0 spiro atoms. The molecule has 0 saturated carbocycles. The first-order valence-electron chi connectivity index (χ1n) is 7.84. The van der Waals surface area contributed by atoms with Gasteiger partial charge in [-0.3, -0.25) is 4.98 Å². The molecular formula is C18H21FN2O. The van der Waals surface area contributed by atoms with Crippen LogP contribution in [0.4, 0.5) is 4.39 Å². The number of pyridine rings is 1. The van der Waals surface area contributed by atoms with Gasteiger partial charge in [0.2, 0.25) is 0 Å². The summed E-state index contributed by atoms with van der Waals surface area (Å²) in [5, 5.41) is 3.53. The highest BCUT2D eigenvalue weighted by Gasteiger charge is 2.18. The molecule has 0 unspecified atom stereocenters. The van der Waals surface area contributed by atoms with E-state index < -0.39 is 0 Å². The first kappa shape index (κ1) is 15.1. The number of nitrogens with zero attached hydrogens (tertiary/aromatic N) is 1. The molecular weight excluding hydrogens is 279 g/mol. The predicted octanol–water partition coefficient (Wildman–Crippen LogP) is 3.47. The van der Waals surface area contributed by atoms with Gasteiger partial charge in [-0.25, -0.2) is 4.39 Å². The van der Waals surface area contributed by atoms with Crippen LogP contribution >= 0.6 is 0 Å². The van der Waals surface area contributed by atoms with Crippen LogP contribution in [0.5, 0.6) is 0 Å². The van der Waals surface area contributed by atoms with E-state index in [1.807, 2.05) is 18.2 Å². The van der Waals surface area contributed by atoms with Crippen molar-refractivity contribution >= 4 is 0 Å². The van der Waals surface area contributed by atoms with E-state index in [-0.39, 0.29) is 11.9 Å². The van der Waals surface area contributed by atoms with Gasteiger partial charge in [-0.2, -0.15) is 0 Å². The van der Waals surface area contributed by atoms with E-state index >= 15 is 0 Å². The van der Waals surface area contributed by atoms with E-state index in [1.165, 1.54) is 12.3 Å². The molecule has 3 nitrogen and oxygen atoms in total. The van der Waals surface area contributed by atoms with Crippen LogP contribution in [0.15, 0.2) is 48.7 Å². The van der Waals surface area contributed by atoms with Gasteiger partial charge in [0.15, 0.2) is 0 Å². The summed E-state index contributed by atoms with van der Waals surface area (Å²) in [6.45, 7) is 1.73. The Balaban J connectivity index is 1.70. The highest BCUT2D eigenvalue weighted by atomic mass is 19.1. The molecule has 1 aliphatic heterocycles. The summed E-state index contributed by atoms with van der Waals surface area (Å²) in [4.78, 5) is 4.24. The third-order valence-corrected chi connectivity index (χ3v) is 4.02. The number of aromatic nitrogens is 1. The van der Waals surface area contributed by atoms with Gasteiger partial charge in [-0.15, -0.1) is 0 Å². The Bertz CT molecular complexity index is 567. The molecule has 1 aromatic heterocycles. The van der Waals surface area contributed by atoms with Gasteiger partial charge in [0.1, 0.15) is 5.82 Å². The van der Waals surface area contributed by atoms with E-state index in [4.69, 9.17) is 4.74 Å². The predicted molar refractivity (Wildman–Crippen MR) is 84.1 cm³/mol. The second kappa shape index (κ2) is 7.47. The van der Waals surface area contributed by atoms with Crippen LogP contribution in [0.1, 0.15) is 36.6 Å². The maximum atomic E-state index is 13.1. The Morgan fingerprint density at radius 3 is 2.77 bits per heavy atom. The fourth-order valence-corrected chi connectivity index (χ4v) is 2.86. The van der Waals surface area contributed by atoms with Crippen molar-refractivity contribution in [2.75, 3.05) is 13.2 Å². The molecule has 0 bridgehead atoms. The lowest BCUT2D eigenvalue weighted by Crippen LogP contribution is -2.26. The topological polar surface area (TPSA) is 34.1 Å². The third kappa shape index (κ3) is 3.90. The summed E-state index contributed by atoms with van der Waals surface area (Å²) in [5.41, 5.74) is 1.97. The molecule has 1 N–H and O–H groups in total. The van der Waals surface area contributed by atoms with Crippen LogP contribution in [-0.4, -0.2) is 24.2 Å². The second-order valence-corrected chi connectivity index (χ2v) is 5.62. The second-order valence-electron chi connectivity index (χ2n) is 5.62. The molecule has 1 saturated heterocycles. The number of hydrogen-bond donors (Lipinski definition) is 1. The Kier molecular flexibility index (Phi) is 5.14. The molecule has 116 valence electrons. The van der Waals surface area contributed by atoms with E-state index in [2.05, 4.69) is 22.4 Å². The standard InChI is InChI=1S/C18H21FN2O/c19-15-8-9-17(21-13-15)18(14-5-2-1-3-6-14)20-11-10-16-7-4-12-22-16/h1-3,5-6,8-9,13,16,18,20H,4,7,10-12H2/t16-,18-/m0/s1. The highest BCUT2D eigenvalue weighted by molar-refractivity contribution is 5.27. The van der Waals surface area contributed by atoms with Crippen LogP contribution in [-0.2, 0) is 4.74 Å². The van der Waals surface area contributed by atoms with Crippen molar-refractivity contribution in [3.8, 4) is 0 Å². The SMILES string of the molecule is Fc1ccc([C@@H](NCC[C@@H]2CCCO2)c2ccccc2)nc1. The van der Waals surface area contributed by atoms with Crippen LogP contribution in [0.2, 0.25) is 0 Å². The maximum absolute atomic E-state index is 13.1. The normalized spacial score (nSPS) is 19.2. The summed E-state index contributed by atoms with van der Waals surface area (Å²) in [7, 11) is 0. The zero-order chi connectivity index (χ0) is 15.2. The Morgan fingerprint density at radius 2 is 2.09 bits per heavy atom. The minimum Gasteiger partial charge on any atom is -0.378 e. The van der Waals surface area contributed by atoms with Gasteiger partial charge in [0.05, 0.1) is 24.0 Å². The smallest absolute Gasteiger partial charge is 0.141 e. The summed E-state index contributed by atoms with van der Waals surface area (Å²) in [5.74, 6) is -0.310. The monoisotopic (exact) mass is 300 g/mol. The summed E-state index contributed by atoms with van der Waals surface area (Å²) in [6.07, 6.45) is 4.93. The molecule has 0 aliphatic carbocycles. The average Bonchev–Trinajstić information content (AvgIpc) is 3.07. The number of benzene rings is 1. The van der Waals surface area contributed by atoms with Crippen molar-refractivity contribution in [2.24, 2.45) is 0 Å². The molecule has 4 heteroatoms. The van der Waals surface area contributed by atoms with Crippen LogP contribution in [0, 0.1) is 5.82 Å². The fourth-order valence-electron chi connectivity index (χ4n) is 2.86. The lowest BCUT2D eigenvalue weighted by atomic mass is 10.0. The van der Waals surface area contributed by atoms with Crippen molar-refractivity contribution in [3.63, 3.8) is 0 Å². The summed E-state index contributed by atoms with van der Waals surface area (Å²) >= 11 is 0. The fraction of sp³-hybridized carbons (Fsp3) is 0.389. The number of hydrogen-bond acceptors (Lipinski definition) is 3. The largest absolute Gasteiger partial charge is 0.378 e. The van der Waals surface area contributed by atoms with Crippen molar-refractivity contribution in [2.45, 2.75) is 31.4 Å². The van der Waals surface area contributed by atoms with Gasteiger partial charge in [-0.05, 0) is 43.5 Å². The van der Waals surface area contributed by atoms with E-state index in [9.17, 15) is 4.39 Å². The molecule has 1 aromatic carbocycles. The highest BCUT2D eigenvalue weighted by Crippen LogP contribution is 2.21. The molecule has 2 heterocycles. The first-order valence-corrected chi connectivity index (χ1v) is 7.84. The first-order chi connectivity index (χ1) is 10.8. The van der Waals surface area contributed by atoms with Gasteiger partial charge < -0.3 is 10.1 Å². The zero-order valence-electron chi connectivity index (χ0n) is 12.5. The van der Waals surface area contributed by atoms with Crippen LogP contribution in [0.25, 0.3) is 0 Å². The summed E-state index contributed by atoms with van der Waals surface area (Å²) < 4.78 is 18.8. The molecule has 0 amide bonds. The molecule has 0 radical (unpaired) electrons. The van der Waals surface area contributed by atoms with E-state index in [0.717, 1.165) is 43.7 Å². The van der Waals surface area contributed by atoms with Crippen molar-refractivity contribution in [1.82, 2.24) is 10.3 Å². The van der Waals surface area contributed by atoms with Crippen molar-refractivity contribution in [1.29, 1.82) is 0 Å².